The van der Waals surface area contributed by atoms with E-state index < -0.39 is 0 Å². The van der Waals surface area contributed by atoms with Gasteiger partial charge in [0, 0.05) is 5.69 Å². The van der Waals surface area contributed by atoms with Crippen LogP contribution in [0.5, 0.6) is 0 Å². The summed E-state index contributed by atoms with van der Waals surface area (Å²) in [6, 6.07) is 9.61. The zero-order valence-corrected chi connectivity index (χ0v) is 16.2. The Bertz CT molecular complexity index is 795. The molecule has 2 aromatic carbocycles. The Morgan fingerprint density at radius 2 is 1.65 bits per heavy atom. The molecule has 26 heavy (non-hydrogen) atoms. The molecule has 0 saturated carbocycles. The highest BCUT2D eigenvalue weighted by Crippen LogP contribution is 2.32. The zero-order valence-electron chi connectivity index (χ0n) is 13.9. The van der Waals surface area contributed by atoms with E-state index in [-0.39, 0.29) is 18.4 Å². The molecule has 2 N–H and O–H groups in total. The summed E-state index contributed by atoms with van der Waals surface area (Å²) in [5.41, 5.74) is 1.52. The number of hydrogen-bond donors (Lipinski definition) is 2. The molecule has 0 fully saturated rings. The van der Waals surface area contributed by atoms with Gasteiger partial charge in [-0.2, -0.15) is 0 Å². The number of ether oxygens (including phenoxy) is 1. The van der Waals surface area contributed by atoms with Crippen molar-refractivity contribution >= 4 is 58.1 Å². The van der Waals surface area contributed by atoms with Gasteiger partial charge in [0.15, 0.2) is 0 Å². The first-order valence-corrected chi connectivity index (χ1v) is 8.99. The fraction of sp³-hybridized carbons (Fsp3) is 0.222. The monoisotopic (exact) mass is 414 g/mol. The van der Waals surface area contributed by atoms with Crippen LogP contribution >= 0.6 is 34.8 Å². The van der Waals surface area contributed by atoms with Gasteiger partial charge in [-0.3, -0.25) is 4.79 Å². The lowest BCUT2D eigenvalue weighted by Gasteiger charge is -2.10. The summed E-state index contributed by atoms with van der Waals surface area (Å²) in [6.45, 7) is 2.32. The molecule has 8 heteroatoms. The highest BCUT2D eigenvalue weighted by atomic mass is 35.5. The first kappa shape index (κ1) is 20.4. The summed E-state index contributed by atoms with van der Waals surface area (Å²) in [4.78, 5) is 23.8. The van der Waals surface area contributed by atoms with Crippen LogP contribution in [0.3, 0.4) is 0 Å². The average molecular weight is 416 g/mol. The third kappa shape index (κ3) is 5.80. The van der Waals surface area contributed by atoms with Gasteiger partial charge in [-0.05, 0) is 42.8 Å². The lowest BCUT2D eigenvalue weighted by Crippen LogP contribution is -2.22. The number of rotatable bonds is 7. The fourth-order valence-electron chi connectivity index (χ4n) is 2.00. The predicted molar refractivity (Wildman–Crippen MR) is 106 cm³/mol. The van der Waals surface area contributed by atoms with Crippen LogP contribution in [0, 0.1) is 0 Å². The molecule has 0 saturated heterocycles. The largest absolute Gasteiger partial charge is 0.462 e. The van der Waals surface area contributed by atoms with Crippen molar-refractivity contribution in [1.82, 2.24) is 0 Å². The molecule has 1 amide bonds. The molecule has 0 aliphatic rings. The summed E-state index contributed by atoms with van der Waals surface area (Å²) >= 11 is 17.8. The van der Waals surface area contributed by atoms with Crippen LogP contribution in [0.15, 0.2) is 36.4 Å². The van der Waals surface area contributed by atoms with E-state index in [1.807, 2.05) is 6.92 Å². The van der Waals surface area contributed by atoms with Gasteiger partial charge >= 0.3 is 5.97 Å². The molecule has 0 radical (unpaired) electrons. The summed E-state index contributed by atoms with van der Waals surface area (Å²) in [7, 11) is 0. The van der Waals surface area contributed by atoms with Gasteiger partial charge in [-0.15, -0.1) is 0 Å². The van der Waals surface area contributed by atoms with Crippen LogP contribution in [-0.4, -0.2) is 25.0 Å². The third-order valence-electron chi connectivity index (χ3n) is 3.30. The van der Waals surface area contributed by atoms with E-state index in [9.17, 15) is 9.59 Å². The summed E-state index contributed by atoms with van der Waals surface area (Å²) in [6.07, 6.45) is 0.767. The van der Waals surface area contributed by atoms with Gasteiger partial charge in [0.25, 0.3) is 0 Å². The highest BCUT2D eigenvalue weighted by molar-refractivity contribution is 6.44. The Kier molecular flexibility index (Phi) is 7.57. The molecular formula is C18H17Cl3N2O3. The second-order valence-corrected chi connectivity index (χ2v) is 6.58. The smallest absolute Gasteiger partial charge is 0.338 e. The van der Waals surface area contributed by atoms with Crippen LogP contribution in [0.2, 0.25) is 15.1 Å². The van der Waals surface area contributed by atoms with Gasteiger partial charge in [-0.25, -0.2) is 4.79 Å². The SMILES string of the molecule is CCCOC(=O)c1ccc(NCC(=O)Nc2cc(Cl)c(Cl)cc2Cl)cc1. The van der Waals surface area contributed by atoms with Crippen molar-refractivity contribution in [2.24, 2.45) is 0 Å². The minimum Gasteiger partial charge on any atom is -0.462 e. The summed E-state index contributed by atoms with van der Waals surface area (Å²) in [5.74, 6) is -0.679. The second kappa shape index (κ2) is 9.67. The first-order valence-electron chi connectivity index (χ1n) is 7.86. The predicted octanol–water partition coefficient (Wildman–Crippen LogP) is 5.26. The van der Waals surface area contributed by atoms with Gasteiger partial charge < -0.3 is 15.4 Å². The number of amides is 1. The summed E-state index contributed by atoms with van der Waals surface area (Å²) in [5, 5.41) is 6.50. The molecule has 0 spiro atoms. The van der Waals surface area contributed by atoms with E-state index in [1.54, 1.807) is 24.3 Å². The number of esters is 1. The van der Waals surface area contributed by atoms with E-state index in [0.29, 0.717) is 38.6 Å². The van der Waals surface area contributed by atoms with Crippen molar-refractivity contribution in [1.29, 1.82) is 0 Å². The second-order valence-electron chi connectivity index (χ2n) is 5.36. The molecule has 0 aliphatic carbocycles. The van der Waals surface area contributed by atoms with Crippen LogP contribution < -0.4 is 10.6 Å². The number of carbonyl (C=O) groups is 2. The minimum absolute atomic E-state index is 0.0101. The lowest BCUT2D eigenvalue weighted by molar-refractivity contribution is -0.114. The fourth-order valence-corrected chi connectivity index (χ4v) is 2.59. The maximum Gasteiger partial charge on any atom is 0.338 e. The van der Waals surface area contributed by atoms with Crippen molar-refractivity contribution in [3.05, 3.63) is 57.0 Å². The van der Waals surface area contributed by atoms with E-state index in [1.165, 1.54) is 12.1 Å². The molecular weight excluding hydrogens is 399 g/mol. The van der Waals surface area contributed by atoms with Gasteiger partial charge in [-0.1, -0.05) is 41.7 Å². The number of hydrogen-bond acceptors (Lipinski definition) is 4. The maximum atomic E-state index is 12.0. The van der Waals surface area contributed by atoms with Crippen LogP contribution in [0.1, 0.15) is 23.7 Å². The summed E-state index contributed by atoms with van der Waals surface area (Å²) < 4.78 is 5.05. The van der Waals surface area contributed by atoms with E-state index in [2.05, 4.69) is 10.6 Å². The van der Waals surface area contributed by atoms with E-state index >= 15 is 0 Å². The standard InChI is InChI=1S/C18H17Cl3N2O3/c1-2-7-26-18(25)11-3-5-12(6-4-11)22-10-17(24)23-16-9-14(20)13(19)8-15(16)21/h3-6,8-9,22H,2,7,10H2,1H3,(H,23,24). The van der Waals surface area contributed by atoms with E-state index in [4.69, 9.17) is 39.5 Å². The van der Waals surface area contributed by atoms with Crippen LogP contribution in [0.25, 0.3) is 0 Å². The van der Waals surface area contributed by atoms with Crippen molar-refractivity contribution in [3.8, 4) is 0 Å². The van der Waals surface area contributed by atoms with Crippen molar-refractivity contribution in [3.63, 3.8) is 0 Å². The first-order chi connectivity index (χ1) is 12.4. The Labute approximate surface area is 166 Å². The molecule has 2 rings (SSSR count). The Morgan fingerprint density at radius 3 is 2.31 bits per heavy atom. The van der Waals surface area contributed by atoms with Crippen LogP contribution in [0.4, 0.5) is 11.4 Å². The molecule has 0 bridgehead atoms. The normalized spacial score (nSPS) is 10.3. The topological polar surface area (TPSA) is 67.4 Å². The maximum absolute atomic E-state index is 12.0. The molecule has 0 unspecified atom stereocenters. The minimum atomic E-state index is -0.370. The highest BCUT2D eigenvalue weighted by Gasteiger charge is 2.10. The lowest BCUT2D eigenvalue weighted by atomic mass is 10.2. The van der Waals surface area contributed by atoms with Gasteiger partial charge in [0.1, 0.15) is 0 Å². The van der Waals surface area contributed by atoms with E-state index in [0.717, 1.165) is 6.42 Å². The quantitative estimate of drug-likeness (QED) is 0.478. The molecule has 2 aromatic rings. The number of benzene rings is 2. The number of halogens is 3. The Balaban J connectivity index is 1.89. The number of nitrogens with one attached hydrogen (secondary N) is 2. The molecule has 0 aromatic heterocycles. The Morgan fingerprint density at radius 1 is 1.00 bits per heavy atom. The van der Waals surface area contributed by atoms with Crippen LogP contribution in [-0.2, 0) is 9.53 Å². The van der Waals surface area contributed by atoms with Gasteiger partial charge in [0.05, 0.1) is 39.5 Å². The molecule has 138 valence electrons. The molecule has 0 aliphatic heterocycles. The number of anilines is 2. The number of carbonyl (C=O) groups excluding carboxylic acids is 2. The Hall–Kier alpha value is -1.95. The van der Waals surface area contributed by atoms with Crippen molar-refractivity contribution in [2.45, 2.75) is 13.3 Å². The third-order valence-corrected chi connectivity index (χ3v) is 4.33. The van der Waals surface area contributed by atoms with Gasteiger partial charge in [0.2, 0.25) is 5.91 Å². The van der Waals surface area contributed by atoms with Crippen molar-refractivity contribution in [2.75, 3.05) is 23.8 Å². The zero-order chi connectivity index (χ0) is 19.1. The van der Waals surface area contributed by atoms with Crippen molar-refractivity contribution < 1.29 is 14.3 Å². The average Bonchev–Trinajstić information content (AvgIpc) is 2.63. The molecule has 0 atom stereocenters. The molecule has 5 nitrogen and oxygen atoms in total. The molecule has 0 heterocycles.